The van der Waals surface area contributed by atoms with Crippen LogP contribution in [0.4, 0.5) is 13.2 Å². The molecule has 0 unspecified atom stereocenters. The number of esters is 1. The lowest BCUT2D eigenvalue weighted by atomic mass is 10.1. The molecule has 3 nitrogen and oxygen atoms in total. The Morgan fingerprint density at radius 1 is 1.39 bits per heavy atom. The van der Waals surface area contributed by atoms with Crippen LogP contribution in [0.15, 0.2) is 28.9 Å². The monoisotopic (exact) mass is 258 g/mol. The Hall–Kier alpha value is -1.98. The molecule has 0 aliphatic carbocycles. The highest BCUT2D eigenvalue weighted by molar-refractivity contribution is 6.04. The van der Waals surface area contributed by atoms with Crippen LogP contribution in [0.2, 0.25) is 0 Å². The molecule has 0 fully saturated rings. The number of benzene rings is 1. The Balaban J connectivity index is 2.66. The lowest BCUT2D eigenvalue weighted by molar-refractivity contribution is -0.136. The Morgan fingerprint density at radius 2 is 2.11 bits per heavy atom. The van der Waals surface area contributed by atoms with Crippen molar-refractivity contribution in [2.24, 2.45) is 0 Å². The van der Waals surface area contributed by atoms with E-state index in [2.05, 4.69) is 0 Å². The summed E-state index contributed by atoms with van der Waals surface area (Å²) in [6.45, 7) is 1.66. The smallest absolute Gasteiger partial charge is 0.417 e. The minimum atomic E-state index is -4.55. The molecule has 6 heteroatoms. The van der Waals surface area contributed by atoms with Gasteiger partial charge in [0.1, 0.15) is 17.4 Å². The van der Waals surface area contributed by atoms with Crippen molar-refractivity contribution < 1.29 is 27.1 Å². The molecular formula is C12H9F3O3. The number of rotatable bonds is 2. The van der Waals surface area contributed by atoms with Crippen LogP contribution in [0.25, 0.3) is 11.0 Å². The Kier molecular flexibility index (Phi) is 3.02. The van der Waals surface area contributed by atoms with Gasteiger partial charge >= 0.3 is 12.1 Å². The summed E-state index contributed by atoms with van der Waals surface area (Å²) in [5.41, 5.74) is -1.11. The van der Waals surface area contributed by atoms with Crippen LogP contribution in [0, 0.1) is 0 Å². The van der Waals surface area contributed by atoms with Gasteiger partial charge < -0.3 is 9.15 Å². The largest absolute Gasteiger partial charge is 0.463 e. The van der Waals surface area contributed by atoms with E-state index >= 15 is 0 Å². The second-order valence-electron chi connectivity index (χ2n) is 3.55. The van der Waals surface area contributed by atoms with Crippen LogP contribution in [0.1, 0.15) is 22.8 Å². The highest BCUT2D eigenvalue weighted by Crippen LogP contribution is 2.37. The van der Waals surface area contributed by atoms with Crippen molar-refractivity contribution in [3.05, 3.63) is 35.6 Å². The van der Waals surface area contributed by atoms with Gasteiger partial charge in [0.15, 0.2) is 0 Å². The molecule has 1 heterocycles. The first-order valence-electron chi connectivity index (χ1n) is 5.19. The first kappa shape index (κ1) is 12.5. The van der Waals surface area contributed by atoms with Gasteiger partial charge in [-0.05, 0) is 19.1 Å². The topological polar surface area (TPSA) is 39.4 Å². The molecule has 2 rings (SSSR count). The third-order valence-corrected chi connectivity index (χ3v) is 2.40. The molecule has 0 amide bonds. The number of furan rings is 1. The lowest BCUT2D eigenvalue weighted by Crippen LogP contribution is -2.09. The van der Waals surface area contributed by atoms with E-state index in [9.17, 15) is 18.0 Å². The van der Waals surface area contributed by atoms with E-state index in [1.54, 1.807) is 6.92 Å². The van der Waals surface area contributed by atoms with E-state index in [0.717, 1.165) is 12.3 Å². The highest BCUT2D eigenvalue weighted by atomic mass is 19.4. The number of hydrogen-bond donors (Lipinski definition) is 0. The zero-order valence-electron chi connectivity index (χ0n) is 9.38. The molecule has 0 aliphatic rings. The fourth-order valence-corrected chi connectivity index (χ4v) is 1.68. The third kappa shape index (κ3) is 2.05. The van der Waals surface area contributed by atoms with Crippen molar-refractivity contribution in [2.75, 3.05) is 6.61 Å². The second kappa shape index (κ2) is 4.36. The summed E-state index contributed by atoms with van der Waals surface area (Å²) in [7, 11) is 0. The van der Waals surface area contributed by atoms with Crippen molar-refractivity contribution in [1.82, 2.24) is 0 Å². The van der Waals surface area contributed by atoms with E-state index < -0.39 is 17.7 Å². The van der Waals surface area contributed by atoms with E-state index in [4.69, 9.17) is 9.15 Å². The van der Waals surface area contributed by atoms with Gasteiger partial charge in [-0.15, -0.1) is 0 Å². The molecule has 18 heavy (non-hydrogen) atoms. The molecule has 2 aromatic rings. The maximum Gasteiger partial charge on any atom is 0.417 e. The number of carbonyl (C=O) groups is 1. The van der Waals surface area contributed by atoms with Crippen molar-refractivity contribution in [1.29, 1.82) is 0 Å². The van der Waals surface area contributed by atoms with Crippen LogP contribution < -0.4 is 0 Å². The van der Waals surface area contributed by atoms with E-state index in [1.807, 2.05) is 0 Å². The quantitative estimate of drug-likeness (QED) is 0.772. The summed E-state index contributed by atoms with van der Waals surface area (Å²) in [6.07, 6.45) is -3.57. The van der Waals surface area contributed by atoms with Crippen LogP contribution in [-0.2, 0) is 10.9 Å². The van der Waals surface area contributed by atoms with Crippen LogP contribution in [0.3, 0.4) is 0 Å². The minimum Gasteiger partial charge on any atom is -0.463 e. The van der Waals surface area contributed by atoms with Gasteiger partial charge in [-0.2, -0.15) is 13.2 Å². The van der Waals surface area contributed by atoms with E-state index in [0.29, 0.717) is 0 Å². The van der Waals surface area contributed by atoms with E-state index in [-0.39, 0.29) is 23.1 Å². The molecule has 0 bridgehead atoms. The fraction of sp³-hybridized carbons (Fsp3) is 0.250. The molecular weight excluding hydrogens is 249 g/mol. The van der Waals surface area contributed by atoms with Crippen molar-refractivity contribution in [2.45, 2.75) is 13.1 Å². The predicted molar refractivity (Wildman–Crippen MR) is 57.2 cm³/mol. The zero-order valence-corrected chi connectivity index (χ0v) is 9.38. The van der Waals surface area contributed by atoms with Crippen molar-refractivity contribution in [3.63, 3.8) is 0 Å². The van der Waals surface area contributed by atoms with Gasteiger partial charge in [-0.3, -0.25) is 0 Å². The van der Waals surface area contributed by atoms with Crippen LogP contribution >= 0.6 is 0 Å². The maximum atomic E-state index is 12.8. The Bertz CT molecular complexity index is 584. The minimum absolute atomic E-state index is 0.00729. The molecule has 0 spiro atoms. The highest BCUT2D eigenvalue weighted by Gasteiger charge is 2.35. The van der Waals surface area contributed by atoms with Gasteiger partial charge in [0.25, 0.3) is 0 Å². The molecule has 96 valence electrons. The second-order valence-corrected chi connectivity index (χ2v) is 3.55. The van der Waals surface area contributed by atoms with Crippen LogP contribution in [0.5, 0.6) is 0 Å². The number of hydrogen-bond acceptors (Lipinski definition) is 3. The Morgan fingerprint density at radius 3 is 2.72 bits per heavy atom. The summed E-state index contributed by atoms with van der Waals surface area (Å²) < 4.78 is 48.1. The number of alkyl halides is 3. The number of halogens is 3. The number of fused-ring (bicyclic) bond motifs is 1. The molecule has 0 saturated heterocycles. The lowest BCUT2D eigenvalue weighted by Gasteiger charge is -2.08. The predicted octanol–water partition coefficient (Wildman–Crippen LogP) is 3.63. The SMILES string of the molecule is CCOC(=O)c1coc2cccc(C(F)(F)F)c12. The van der Waals surface area contributed by atoms with Gasteiger partial charge in [0.2, 0.25) is 0 Å². The molecule has 0 aliphatic heterocycles. The van der Waals surface area contributed by atoms with Crippen molar-refractivity contribution >= 4 is 16.9 Å². The zero-order chi connectivity index (χ0) is 13.3. The molecule has 0 radical (unpaired) electrons. The first-order chi connectivity index (χ1) is 8.45. The fourth-order valence-electron chi connectivity index (χ4n) is 1.68. The molecule has 0 saturated carbocycles. The van der Waals surface area contributed by atoms with Gasteiger partial charge in [0.05, 0.1) is 12.2 Å². The first-order valence-corrected chi connectivity index (χ1v) is 5.19. The molecule has 0 N–H and O–H groups in total. The summed E-state index contributed by atoms with van der Waals surface area (Å²) in [5.74, 6) is -0.826. The van der Waals surface area contributed by atoms with Gasteiger partial charge in [-0.25, -0.2) is 4.79 Å². The summed E-state index contributed by atoms with van der Waals surface area (Å²) >= 11 is 0. The van der Waals surface area contributed by atoms with Gasteiger partial charge in [-0.1, -0.05) is 6.07 Å². The normalized spacial score (nSPS) is 11.8. The standard InChI is InChI=1S/C12H9F3O3/c1-2-17-11(16)7-6-18-9-5-3-4-8(10(7)9)12(13,14)15/h3-6H,2H2,1H3. The Labute approximate surface area is 100 Å². The number of carbonyl (C=O) groups excluding carboxylic acids is 1. The number of ether oxygens (including phenoxy) is 1. The summed E-state index contributed by atoms with van der Waals surface area (Å²) in [5, 5.41) is -0.261. The van der Waals surface area contributed by atoms with E-state index in [1.165, 1.54) is 12.1 Å². The average molecular weight is 258 g/mol. The molecule has 0 atom stereocenters. The van der Waals surface area contributed by atoms with Crippen LogP contribution in [-0.4, -0.2) is 12.6 Å². The third-order valence-electron chi connectivity index (χ3n) is 2.40. The maximum absolute atomic E-state index is 12.8. The molecule has 1 aromatic carbocycles. The average Bonchev–Trinajstić information content (AvgIpc) is 2.71. The molecule has 1 aromatic heterocycles. The summed E-state index contributed by atoms with van der Waals surface area (Å²) in [4.78, 5) is 11.5. The summed E-state index contributed by atoms with van der Waals surface area (Å²) in [6, 6.07) is 3.50. The van der Waals surface area contributed by atoms with Gasteiger partial charge in [0, 0.05) is 5.39 Å². The van der Waals surface area contributed by atoms with Crippen molar-refractivity contribution in [3.8, 4) is 0 Å².